The maximum absolute atomic E-state index is 12.5. The largest absolute Gasteiger partial charge is 0.349 e. The summed E-state index contributed by atoms with van der Waals surface area (Å²) < 4.78 is 0. The van der Waals surface area contributed by atoms with Gasteiger partial charge in [-0.05, 0) is 49.6 Å². The first-order valence-electron chi connectivity index (χ1n) is 9.95. The van der Waals surface area contributed by atoms with Crippen molar-refractivity contribution in [3.8, 4) is 0 Å². The Labute approximate surface area is 171 Å². The molecule has 6 heteroatoms. The molecular weight excluding hydrogens is 366 g/mol. The van der Waals surface area contributed by atoms with Crippen molar-refractivity contribution < 1.29 is 14.4 Å². The highest BCUT2D eigenvalue weighted by Gasteiger charge is 2.20. The Kier molecular flexibility index (Phi) is 6.65. The molecule has 0 aromatic heterocycles. The average molecular weight is 393 g/mol. The van der Waals surface area contributed by atoms with E-state index in [0.717, 1.165) is 37.1 Å². The summed E-state index contributed by atoms with van der Waals surface area (Å²) in [4.78, 5) is 38.4. The van der Waals surface area contributed by atoms with Crippen molar-refractivity contribution in [1.29, 1.82) is 0 Å². The van der Waals surface area contributed by atoms with Gasteiger partial charge in [0.2, 0.25) is 11.8 Å². The minimum Gasteiger partial charge on any atom is -0.349 e. The van der Waals surface area contributed by atoms with Crippen LogP contribution in [0.3, 0.4) is 0 Å². The third-order valence-electron chi connectivity index (χ3n) is 5.06. The summed E-state index contributed by atoms with van der Waals surface area (Å²) in [6.45, 7) is 5.04. The van der Waals surface area contributed by atoms with E-state index in [1.165, 1.54) is 6.92 Å². The highest BCUT2D eigenvalue weighted by molar-refractivity contribution is 5.96. The molecule has 2 N–H and O–H groups in total. The van der Waals surface area contributed by atoms with Crippen LogP contribution in [-0.4, -0.2) is 35.7 Å². The summed E-state index contributed by atoms with van der Waals surface area (Å²) in [6.07, 6.45) is 2.23. The molecule has 1 unspecified atom stereocenters. The molecule has 29 heavy (non-hydrogen) atoms. The fourth-order valence-electron chi connectivity index (χ4n) is 3.49. The van der Waals surface area contributed by atoms with Gasteiger partial charge < -0.3 is 15.5 Å². The monoisotopic (exact) mass is 393 g/mol. The van der Waals surface area contributed by atoms with Crippen molar-refractivity contribution in [2.24, 2.45) is 0 Å². The lowest BCUT2D eigenvalue weighted by Crippen LogP contribution is -2.29. The Morgan fingerprint density at radius 1 is 0.966 bits per heavy atom. The number of benzene rings is 2. The molecule has 1 saturated heterocycles. The topological polar surface area (TPSA) is 78.5 Å². The molecule has 6 nitrogen and oxygen atoms in total. The van der Waals surface area contributed by atoms with Crippen molar-refractivity contribution in [1.82, 2.24) is 10.2 Å². The first-order valence-corrected chi connectivity index (χ1v) is 9.95. The maximum atomic E-state index is 12.5. The second-order valence-corrected chi connectivity index (χ2v) is 7.49. The Morgan fingerprint density at radius 3 is 2.17 bits per heavy atom. The zero-order chi connectivity index (χ0) is 20.8. The molecule has 2 aromatic rings. The van der Waals surface area contributed by atoms with Gasteiger partial charge in [0, 0.05) is 31.3 Å². The molecule has 0 bridgehead atoms. The van der Waals surface area contributed by atoms with Crippen LogP contribution in [-0.2, 0) is 9.59 Å². The molecule has 1 heterocycles. The van der Waals surface area contributed by atoms with E-state index in [4.69, 9.17) is 0 Å². The number of nitrogens with one attached hydrogen (secondary N) is 2. The fraction of sp³-hybridized carbons (Fsp3) is 0.348. The molecule has 0 aliphatic carbocycles. The van der Waals surface area contributed by atoms with Crippen LogP contribution in [0.25, 0.3) is 0 Å². The first kappa shape index (κ1) is 20.6. The molecule has 0 radical (unpaired) electrons. The summed E-state index contributed by atoms with van der Waals surface area (Å²) in [6, 6.07) is 14.3. The second kappa shape index (κ2) is 9.37. The summed E-state index contributed by atoms with van der Waals surface area (Å²) in [5.41, 5.74) is 3.25. The van der Waals surface area contributed by atoms with Gasteiger partial charge >= 0.3 is 0 Å². The molecule has 0 spiro atoms. The van der Waals surface area contributed by atoms with Crippen LogP contribution in [0, 0.1) is 6.92 Å². The summed E-state index contributed by atoms with van der Waals surface area (Å²) in [7, 11) is 0. The Balaban J connectivity index is 1.62. The number of hydrogen-bond acceptors (Lipinski definition) is 3. The van der Waals surface area contributed by atoms with Gasteiger partial charge in [0.05, 0.1) is 12.5 Å². The molecule has 1 aliphatic rings. The zero-order valence-corrected chi connectivity index (χ0v) is 16.9. The van der Waals surface area contributed by atoms with Gasteiger partial charge in [-0.1, -0.05) is 29.8 Å². The number of hydrogen-bond donors (Lipinski definition) is 2. The fourth-order valence-corrected chi connectivity index (χ4v) is 3.49. The van der Waals surface area contributed by atoms with Gasteiger partial charge in [0.15, 0.2) is 0 Å². The van der Waals surface area contributed by atoms with E-state index in [1.54, 1.807) is 24.3 Å². The number of nitrogens with zero attached hydrogens (tertiary/aromatic N) is 1. The highest BCUT2D eigenvalue weighted by Crippen LogP contribution is 2.20. The van der Waals surface area contributed by atoms with Crippen molar-refractivity contribution in [3.63, 3.8) is 0 Å². The Morgan fingerprint density at radius 2 is 1.59 bits per heavy atom. The number of rotatable bonds is 6. The van der Waals surface area contributed by atoms with Gasteiger partial charge in [-0.15, -0.1) is 0 Å². The van der Waals surface area contributed by atoms with Crippen molar-refractivity contribution in [2.45, 2.75) is 39.2 Å². The van der Waals surface area contributed by atoms with Crippen LogP contribution in [0.4, 0.5) is 5.69 Å². The number of likely N-dealkylation sites (tertiary alicyclic amines) is 1. The Hall–Kier alpha value is -3.15. The van der Waals surface area contributed by atoms with Crippen LogP contribution in [0.5, 0.6) is 0 Å². The third-order valence-corrected chi connectivity index (χ3v) is 5.06. The predicted octanol–water partition coefficient (Wildman–Crippen LogP) is 3.44. The standard InChI is InChI=1S/C23H27N3O3/c1-16-5-7-18(8-6-16)21(24-17(2)27)15-22(28)25-20-11-9-19(10-12-20)23(29)26-13-3-4-14-26/h5-12,21H,3-4,13-15H2,1-2H3,(H,24,27)(H,25,28). The van der Waals surface area contributed by atoms with Crippen LogP contribution in [0.15, 0.2) is 48.5 Å². The van der Waals surface area contributed by atoms with Crippen LogP contribution >= 0.6 is 0 Å². The minimum absolute atomic E-state index is 0.0328. The lowest BCUT2D eigenvalue weighted by molar-refractivity contribution is -0.120. The SMILES string of the molecule is CC(=O)NC(CC(=O)Nc1ccc(C(=O)N2CCCC2)cc1)c1ccc(C)cc1. The molecule has 1 atom stereocenters. The molecule has 2 aromatic carbocycles. The lowest BCUT2D eigenvalue weighted by atomic mass is 10.0. The van der Waals surface area contributed by atoms with E-state index in [9.17, 15) is 14.4 Å². The van der Waals surface area contributed by atoms with Crippen molar-refractivity contribution in [2.75, 3.05) is 18.4 Å². The van der Waals surface area contributed by atoms with E-state index in [-0.39, 0.29) is 24.1 Å². The van der Waals surface area contributed by atoms with E-state index < -0.39 is 6.04 Å². The number of aryl methyl sites for hydroxylation is 1. The predicted molar refractivity (Wildman–Crippen MR) is 113 cm³/mol. The molecular formula is C23H27N3O3. The van der Waals surface area contributed by atoms with E-state index >= 15 is 0 Å². The Bertz CT molecular complexity index is 869. The van der Waals surface area contributed by atoms with Crippen LogP contribution in [0.1, 0.15) is 53.7 Å². The number of amides is 3. The summed E-state index contributed by atoms with van der Waals surface area (Å²) >= 11 is 0. The first-order chi connectivity index (χ1) is 13.9. The highest BCUT2D eigenvalue weighted by atomic mass is 16.2. The molecule has 3 amide bonds. The smallest absolute Gasteiger partial charge is 0.253 e. The van der Waals surface area contributed by atoms with E-state index in [0.29, 0.717) is 11.3 Å². The van der Waals surface area contributed by atoms with Crippen LogP contribution in [0.2, 0.25) is 0 Å². The van der Waals surface area contributed by atoms with Crippen LogP contribution < -0.4 is 10.6 Å². The van der Waals surface area contributed by atoms with Gasteiger partial charge in [-0.3, -0.25) is 14.4 Å². The van der Waals surface area contributed by atoms with Crippen molar-refractivity contribution >= 4 is 23.4 Å². The number of carbonyl (C=O) groups excluding carboxylic acids is 3. The number of carbonyl (C=O) groups is 3. The molecule has 152 valence electrons. The van der Waals surface area contributed by atoms with Gasteiger partial charge in [-0.2, -0.15) is 0 Å². The van der Waals surface area contributed by atoms with Gasteiger partial charge in [0.25, 0.3) is 5.91 Å². The third kappa shape index (κ3) is 5.67. The normalized spacial score (nSPS) is 14.3. The molecule has 1 aliphatic heterocycles. The number of anilines is 1. The summed E-state index contributed by atoms with van der Waals surface area (Å²) in [5.74, 6) is -0.360. The quantitative estimate of drug-likeness (QED) is 0.789. The minimum atomic E-state index is -0.399. The lowest BCUT2D eigenvalue weighted by Gasteiger charge is -2.18. The molecule has 3 rings (SSSR count). The average Bonchev–Trinajstić information content (AvgIpc) is 3.22. The van der Waals surface area contributed by atoms with Crippen molar-refractivity contribution in [3.05, 3.63) is 65.2 Å². The summed E-state index contributed by atoms with van der Waals surface area (Å²) in [5, 5.41) is 5.68. The second-order valence-electron chi connectivity index (χ2n) is 7.49. The molecule has 1 fully saturated rings. The maximum Gasteiger partial charge on any atom is 0.253 e. The molecule has 0 saturated carbocycles. The van der Waals surface area contributed by atoms with E-state index in [1.807, 2.05) is 36.1 Å². The van der Waals surface area contributed by atoms with E-state index in [2.05, 4.69) is 10.6 Å². The zero-order valence-electron chi connectivity index (χ0n) is 16.9. The van der Waals surface area contributed by atoms with Gasteiger partial charge in [-0.25, -0.2) is 0 Å². The van der Waals surface area contributed by atoms with Gasteiger partial charge in [0.1, 0.15) is 0 Å².